The monoisotopic (exact) mass is 262 g/mol. The minimum atomic E-state index is 0.313. The Kier molecular flexibility index (Phi) is 3.43. The molecule has 0 radical (unpaired) electrons. The molecule has 0 amide bonds. The molecule has 0 spiro atoms. The number of fused-ring (bicyclic) bond motifs is 1. The van der Waals surface area contributed by atoms with Crippen LogP contribution in [0.15, 0.2) is 42.5 Å². The van der Waals surface area contributed by atoms with Gasteiger partial charge in [0.05, 0.1) is 17.3 Å². The van der Waals surface area contributed by atoms with Crippen LogP contribution in [0.5, 0.6) is 0 Å². The fraction of sp³-hybridized carbons (Fsp3) is 0.278. The van der Waals surface area contributed by atoms with Crippen molar-refractivity contribution in [2.75, 3.05) is 5.32 Å². The van der Waals surface area contributed by atoms with Crippen LogP contribution in [0.4, 0.5) is 5.69 Å². The molecule has 1 aliphatic carbocycles. The summed E-state index contributed by atoms with van der Waals surface area (Å²) in [5.41, 5.74) is 5.66. The van der Waals surface area contributed by atoms with Crippen LogP contribution in [0, 0.1) is 18.3 Å². The van der Waals surface area contributed by atoms with Crippen LogP contribution in [0.2, 0.25) is 0 Å². The number of para-hydroxylation sites is 1. The molecule has 1 atom stereocenters. The molecule has 100 valence electrons. The Balaban J connectivity index is 1.96. The van der Waals surface area contributed by atoms with E-state index in [0.29, 0.717) is 6.04 Å². The van der Waals surface area contributed by atoms with Crippen molar-refractivity contribution in [2.45, 2.75) is 32.2 Å². The molecule has 0 saturated heterocycles. The first-order chi connectivity index (χ1) is 9.79. The van der Waals surface area contributed by atoms with Gasteiger partial charge in [0.15, 0.2) is 0 Å². The quantitative estimate of drug-likeness (QED) is 0.873. The van der Waals surface area contributed by atoms with Gasteiger partial charge in [0.2, 0.25) is 0 Å². The van der Waals surface area contributed by atoms with Gasteiger partial charge < -0.3 is 5.32 Å². The van der Waals surface area contributed by atoms with E-state index in [1.54, 1.807) is 0 Å². The van der Waals surface area contributed by atoms with Crippen LogP contribution < -0.4 is 5.32 Å². The predicted molar refractivity (Wildman–Crippen MR) is 81.6 cm³/mol. The summed E-state index contributed by atoms with van der Waals surface area (Å²) in [6, 6.07) is 17.1. The van der Waals surface area contributed by atoms with E-state index in [-0.39, 0.29) is 0 Å². The third-order valence-electron chi connectivity index (χ3n) is 4.08. The van der Waals surface area contributed by atoms with Crippen LogP contribution in [-0.2, 0) is 6.42 Å². The Labute approximate surface area is 120 Å². The molecule has 0 heterocycles. The number of nitrogens with zero attached hydrogens (tertiary/aromatic N) is 1. The highest BCUT2D eigenvalue weighted by atomic mass is 14.9. The number of hydrogen-bond donors (Lipinski definition) is 1. The summed E-state index contributed by atoms with van der Waals surface area (Å²) in [4.78, 5) is 0. The van der Waals surface area contributed by atoms with Crippen molar-refractivity contribution in [2.24, 2.45) is 0 Å². The number of hydrogen-bond acceptors (Lipinski definition) is 2. The summed E-state index contributed by atoms with van der Waals surface area (Å²) < 4.78 is 0. The maximum atomic E-state index is 9.28. The van der Waals surface area contributed by atoms with Gasteiger partial charge in [0, 0.05) is 0 Å². The van der Waals surface area contributed by atoms with Gasteiger partial charge in [-0.3, -0.25) is 0 Å². The van der Waals surface area contributed by atoms with E-state index in [1.807, 2.05) is 12.1 Å². The van der Waals surface area contributed by atoms with Gasteiger partial charge in [-0.1, -0.05) is 36.4 Å². The second kappa shape index (κ2) is 5.38. The second-order valence-electron chi connectivity index (χ2n) is 5.40. The van der Waals surface area contributed by atoms with Crippen LogP contribution in [0.1, 0.15) is 41.1 Å². The molecule has 0 saturated carbocycles. The van der Waals surface area contributed by atoms with Crippen molar-refractivity contribution in [3.05, 3.63) is 64.7 Å². The number of rotatable bonds is 2. The Morgan fingerprint density at radius 1 is 1.15 bits per heavy atom. The molecule has 0 aliphatic heterocycles. The minimum Gasteiger partial charge on any atom is -0.377 e. The van der Waals surface area contributed by atoms with Gasteiger partial charge in [0.1, 0.15) is 6.07 Å². The van der Waals surface area contributed by atoms with Gasteiger partial charge in [-0.15, -0.1) is 0 Å². The Morgan fingerprint density at radius 2 is 2.00 bits per heavy atom. The first kappa shape index (κ1) is 12.7. The summed E-state index contributed by atoms with van der Waals surface area (Å²) in [5, 5.41) is 12.9. The van der Waals surface area contributed by atoms with Crippen molar-refractivity contribution < 1.29 is 0 Å². The smallest absolute Gasteiger partial charge is 0.101 e. The first-order valence-corrected chi connectivity index (χ1v) is 7.13. The third-order valence-corrected chi connectivity index (χ3v) is 4.08. The molecular formula is C18H18N2. The fourth-order valence-corrected chi connectivity index (χ4v) is 3.03. The summed E-state index contributed by atoms with van der Waals surface area (Å²) in [6.45, 7) is 2.05. The molecule has 2 nitrogen and oxygen atoms in total. The van der Waals surface area contributed by atoms with Crippen LogP contribution in [-0.4, -0.2) is 0 Å². The molecular weight excluding hydrogens is 244 g/mol. The summed E-state index contributed by atoms with van der Waals surface area (Å²) in [7, 11) is 0. The molecule has 0 fully saturated rings. The van der Waals surface area contributed by atoms with Gasteiger partial charge in [-0.05, 0) is 48.9 Å². The lowest BCUT2D eigenvalue weighted by atomic mass is 9.87. The molecule has 1 N–H and O–H groups in total. The molecule has 1 unspecified atom stereocenters. The second-order valence-corrected chi connectivity index (χ2v) is 5.40. The zero-order chi connectivity index (χ0) is 13.9. The first-order valence-electron chi connectivity index (χ1n) is 7.13. The van der Waals surface area contributed by atoms with Gasteiger partial charge in [-0.25, -0.2) is 0 Å². The standard InChI is InChI=1S/C18H18N2/c1-13-6-4-9-15(12-19)18(13)20-17-11-5-8-14-7-2-3-10-16(14)17/h2-4,6-7,9-10,17,20H,5,8,11H2,1H3. The van der Waals surface area contributed by atoms with Gasteiger partial charge in [-0.2, -0.15) is 5.26 Å². The lowest BCUT2D eigenvalue weighted by molar-refractivity contribution is 0.600. The van der Waals surface area contributed by atoms with E-state index in [4.69, 9.17) is 0 Å². The van der Waals surface area contributed by atoms with Gasteiger partial charge in [0.25, 0.3) is 0 Å². The highest BCUT2D eigenvalue weighted by Gasteiger charge is 2.20. The minimum absolute atomic E-state index is 0.313. The Morgan fingerprint density at radius 3 is 2.85 bits per heavy atom. The summed E-state index contributed by atoms with van der Waals surface area (Å²) in [6.07, 6.45) is 3.48. The highest BCUT2D eigenvalue weighted by molar-refractivity contribution is 5.63. The van der Waals surface area contributed by atoms with E-state index in [2.05, 4.69) is 48.6 Å². The van der Waals surface area contributed by atoms with Crippen molar-refractivity contribution in [3.8, 4) is 6.07 Å². The van der Waals surface area contributed by atoms with Gasteiger partial charge >= 0.3 is 0 Å². The molecule has 2 aromatic rings. The molecule has 2 heteroatoms. The van der Waals surface area contributed by atoms with E-state index in [0.717, 1.165) is 29.7 Å². The number of nitrogens with one attached hydrogen (secondary N) is 1. The summed E-state index contributed by atoms with van der Waals surface area (Å²) in [5.74, 6) is 0. The van der Waals surface area contributed by atoms with E-state index in [9.17, 15) is 5.26 Å². The average molecular weight is 262 g/mol. The van der Waals surface area contributed by atoms with Crippen LogP contribution in [0.3, 0.4) is 0 Å². The molecule has 0 aromatic heterocycles. The summed E-state index contributed by atoms with van der Waals surface area (Å²) >= 11 is 0. The lowest BCUT2D eigenvalue weighted by Crippen LogP contribution is -2.18. The maximum absolute atomic E-state index is 9.28. The Bertz CT molecular complexity index is 667. The molecule has 3 rings (SSSR count). The largest absolute Gasteiger partial charge is 0.377 e. The van der Waals surface area contributed by atoms with Crippen molar-refractivity contribution >= 4 is 5.69 Å². The maximum Gasteiger partial charge on any atom is 0.101 e. The average Bonchev–Trinajstić information content (AvgIpc) is 2.49. The van der Waals surface area contributed by atoms with Crippen molar-refractivity contribution in [1.29, 1.82) is 5.26 Å². The van der Waals surface area contributed by atoms with Crippen molar-refractivity contribution in [3.63, 3.8) is 0 Å². The number of nitriles is 1. The zero-order valence-corrected chi connectivity index (χ0v) is 11.7. The normalized spacial score (nSPS) is 17.1. The molecule has 1 aliphatic rings. The third kappa shape index (κ3) is 2.28. The SMILES string of the molecule is Cc1cccc(C#N)c1NC1CCCc2ccccc21. The molecule has 2 aromatic carbocycles. The van der Waals surface area contributed by atoms with Crippen LogP contribution >= 0.6 is 0 Å². The molecule has 0 bridgehead atoms. The van der Waals surface area contributed by atoms with E-state index >= 15 is 0 Å². The number of benzene rings is 2. The number of aryl methyl sites for hydroxylation is 2. The zero-order valence-electron chi connectivity index (χ0n) is 11.7. The number of anilines is 1. The van der Waals surface area contributed by atoms with Crippen LogP contribution in [0.25, 0.3) is 0 Å². The fourth-order valence-electron chi connectivity index (χ4n) is 3.03. The topological polar surface area (TPSA) is 35.8 Å². The van der Waals surface area contributed by atoms with E-state index < -0.39 is 0 Å². The Hall–Kier alpha value is -2.27. The van der Waals surface area contributed by atoms with E-state index in [1.165, 1.54) is 17.5 Å². The lowest BCUT2D eigenvalue weighted by Gasteiger charge is -2.28. The van der Waals surface area contributed by atoms with Crippen molar-refractivity contribution in [1.82, 2.24) is 0 Å². The molecule has 20 heavy (non-hydrogen) atoms. The highest BCUT2D eigenvalue weighted by Crippen LogP contribution is 2.34. The predicted octanol–water partition coefficient (Wildman–Crippen LogP) is 4.36.